The number of carbonyl (C=O) groups excluding carboxylic acids is 1. The number of H-pyrrole nitrogens is 1. The van der Waals surface area contributed by atoms with Crippen LogP contribution in [-0.2, 0) is 7.05 Å². The number of benzene rings is 1. The van der Waals surface area contributed by atoms with Gasteiger partial charge in [0.15, 0.2) is 0 Å². The smallest absolute Gasteiger partial charge is 0.254 e. The number of amides is 1. The molecule has 1 aromatic carbocycles. The molecule has 1 amide bonds. The van der Waals surface area contributed by atoms with Crippen LogP contribution in [0.3, 0.4) is 0 Å². The molecule has 5 nitrogen and oxygen atoms in total. The Balaban J connectivity index is 1.65. The molecule has 5 heteroatoms. The van der Waals surface area contributed by atoms with Crippen LogP contribution in [0.4, 0.5) is 0 Å². The zero-order chi connectivity index (χ0) is 15.1. The Hall–Kier alpha value is -2.56. The van der Waals surface area contributed by atoms with Gasteiger partial charge in [0, 0.05) is 42.6 Å². The number of carbonyl (C=O) groups is 1. The van der Waals surface area contributed by atoms with Crippen LogP contribution >= 0.6 is 0 Å². The Labute approximate surface area is 128 Å². The predicted octanol–water partition coefficient (Wildman–Crippen LogP) is 2.88. The first-order valence-electron chi connectivity index (χ1n) is 7.59. The highest BCUT2D eigenvalue weighted by atomic mass is 16.2. The van der Waals surface area contributed by atoms with Crippen molar-refractivity contribution in [1.82, 2.24) is 19.7 Å². The number of nitrogens with zero attached hydrogens (tertiary/aromatic N) is 3. The third-order valence-corrected chi connectivity index (χ3v) is 4.43. The van der Waals surface area contributed by atoms with E-state index in [4.69, 9.17) is 0 Å². The van der Waals surface area contributed by atoms with Crippen molar-refractivity contribution >= 4 is 16.8 Å². The second kappa shape index (κ2) is 5.02. The van der Waals surface area contributed by atoms with Crippen LogP contribution in [0.1, 0.15) is 34.8 Å². The molecule has 3 heterocycles. The van der Waals surface area contributed by atoms with E-state index >= 15 is 0 Å². The van der Waals surface area contributed by atoms with E-state index in [1.165, 1.54) is 0 Å². The molecular weight excluding hydrogens is 276 g/mol. The second-order valence-electron chi connectivity index (χ2n) is 5.88. The van der Waals surface area contributed by atoms with Crippen molar-refractivity contribution in [2.45, 2.75) is 18.9 Å². The van der Waals surface area contributed by atoms with Gasteiger partial charge in [-0.1, -0.05) is 6.07 Å². The Morgan fingerprint density at radius 3 is 3.09 bits per heavy atom. The zero-order valence-corrected chi connectivity index (χ0v) is 12.5. The third kappa shape index (κ3) is 2.09. The molecule has 22 heavy (non-hydrogen) atoms. The minimum atomic E-state index is 0.0999. The van der Waals surface area contributed by atoms with Gasteiger partial charge in [-0.05, 0) is 36.4 Å². The van der Waals surface area contributed by atoms with Gasteiger partial charge in [0.25, 0.3) is 5.91 Å². The molecule has 1 N–H and O–H groups in total. The lowest BCUT2D eigenvalue weighted by Gasteiger charge is -2.24. The molecule has 1 fully saturated rings. The summed E-state index contributed by atoms with van der Waals surface area (Å²) in [7, 11) is 1.91. The van der Waals surface area contributed by atoms with E-state index < -0.39 is 0 Å². The Kier molecular flexibility index (Phi) is 2.99. The van der Waals surface area contributed by atoms with Crippen molar-refractivity contribution in [3.63, 3.8) is 0 Å². The van der Waals surface area contributed by atoms with Gasteiger partial charge in [0.05, 0.1) is 12.2 Å². The van der Waals surface area contributed by atoms with E-state index in [2.05, 4.69) is 10.1 Å². The van der Waals surface area contributed by atoms with E-state index in [-0.39, 0.29) is 11.9 Å². The number of hydrogen-bond donors (Lipinski definition) is 1. The first-order chi connectivity index (χ1) is 10.7. The van der Waals surface area contributed by atoms with Gasteiger partial charge in [0.2, 0.25) is 0 Å². The van der Waals surface area contributed by atoms with Gasteiger partial charge in [-0.25, -0.2) is 0 Å². The van der Waals surface area contributed by atoms with Crippen LogP contribution in [0.25, 0.3) is 10.9 Å². The second-order valence-corrected chi connectivity index (χ2v) is 5.88. The van der Waals surface area contributed by atoms with Gasteiger partial charge in [-0.2, -0.15) is 5.10 Å². The number of aromatic amines is 1. The molecule has 0 radical (unpaired) electrons. The SMILES string of the molecule is Cn1cc([C@H]2CCCN2C(=O)c2ccc3cc[nH]c3c2)cn1. The molecule has 3 aromatic rings. The molecule has 0 spiro atoms. The Morgan fingerprint density at radius 1 is 1.36 bits per heavy atom. The van der Waals surface area contributed by atoms with E-state index in [9.17, 15) is 4.79 Å². The minimum Gasteiger partial charge on any atom is -0.361 e. The molecule has 4 rings (SSSR count). The fourth-order valence-corrected chi connectivity index (χ4v) is 3.32. The van der Waals surface area contributed by atoms with Crippen molar-refractivity contribution < 1.29 is 4.79 Å². The fourth-order valence-electron chi connectivity index (χ4n) is 3.32. The maximum Gasteiger partial charge on any atom is 0.254 e. The highest BCUT2D eigenvalue weighted by Crippen LogP contribution is 2.33. The highest BCUT2D eigenvalue weighted by Gasteiger charge is 2.31. The van der Waals surface area contributed by atoms with Crippen LogP contribution in [0.2, 0.25) is 0 Å². The largest absolute Gasteiger partial charge is 0.361 e. The molecule has 0 saturated carbocycles. The van der Waals surface area contributed by atoms with E-state index in [1.54, 1.807) is 4.68 Å². The fraction of sp³-hybridized carbons (Fsp3) is 0.294. The van der Waals surface area contributed by atoms with Gasteiger partial charge in [0.1, 0.15) is 0 Å². The van der Waals surface area contributed by atoms with Crippen LogP contribution in [0, 0.1) is 0 Å². The molecule has 1 saturated heterocycles. The summed E-state index contributed by atoms with van der Waals surface area (Å²) in [6.45, 7) is 0.807. The number of aromatic nitrogens is 3. The average molecular weight is 294 g/mol. The van der Waals surface area contributed by atoms with Crippen LogP contribution in [-0.4, -0.2) is 32.1 Å². The number of nitrogens with one attached hydrogen (secondary N) is 1. The Morgan fingerprint density at radius 2 is 2.27 bits per heavy atom. The standard InChI is InChI=1S/C17H18N4O/c1-20-11-14(10-19-20)16-3-2-8-21(16)17(22)13-5-4-12-6-7-18-15(12)9-13/h4-7,9-11,16,18H,2-3,8H2,1H3/t16-/m1/s1. The normalized spacial score (nSPS) is 18.2. The van der Waals surface area contributed by atoms with Crippen LogP contribution in [0.5, 0.6) is 0 Å². The maximum atomic E-state index is 12.9. The monoisotopic (exact) mass is 294 g/mol. The molecule has 1 aliphatic heterocycles. The number of aryl methyl sites for hydroxylation is 1. The lowest BCUT2D eigenvalue weighted by molar-refractivity contribution is 0.0736. The molecule has 0 bridgehead atoms. The lowest BCUT2D eigenvalue weighted by atomic mass is 10.1. The van der Waals surface area contributed by atoms with Crippen molar-refractivity contribution in [2.24, 2.45) is 7.05 Å². The summed E-state index contributed by atoms with van der Waals surface area (Å²) in [5.41, 5.74) is 2.86. The summed E-state index contributed by atoms with van der Waals surface area (Å²) in [5, 5.41) is 5.36. The molecule has 1 aliphatic rings. The van der Waals surface area contributed by atoms with E-state index in [0.29, 0.717) is 0 Å². The third-order valence-electron chi connectivity index (χ3n) is 4.43. The number of hydrogen-bond acceptors (Lipinski definition) is 2. The molecule has 1 atom stereocenters. The van der Waals surface area contributed by atoms with Crippen molar-refractivity contribution in [3.8, 4) is 0 Å². The molecular formula is C17H18N4O. The molecule has 0 aliphatic carbocycles. The lowest BCUT2D eigenvalue weighted by Crippen LogP contribution is -2.30. The van der Waals surface area contributed by atoms with Gasteiger partial charge in [-0.3, -0.25) is 9.48 Å². The summed E-state index contributed by atoms with van der Waals surface area (Å²) in [5.74, 6) is 0.0999. The zero-order valence-electron chi connectivity index (χ0n) is 12.5. The molecule has 0 unspecified atom stereocenters. The van der Waals surface area contributed by atoms with Gasteiger partial charge >= 0.3 is 0 Å². The van der Waals surface area contributed by atoms with Crippen LogP contribution in [0.15, 0.2) is 42.9 Å². The maximum absolute atomic E-state index is 12.9. The number of likely N-dealkylation sites (tertiary alicyclic amines) is 1. The predicted molar refractivity (Wildman–Crippen MR) is 84.5 cm³/mol. The first-order valence-corrected chi connectivity index (χ1v) is 7.59. The van der Waals surface area contributed by atoms with Gasteiger partial charge in [-0.15, -0.1) is 0 Å². The topological polar surface area (TPSA) is 53.9 Å². The summed E-state index contributed by atoms with van der Waals surface area (Å²) in [4.78, 5) is 18.0. The molecule has 2 aromatic heterocycles. The minimum absolute atomic E-state index is 0.0999. The highest BCUT2D eigenvalue weighted by molar-refractivity contribution is 5.98. The van der Waals surface area contributed by atoms with Crippen LogP contribution < -0.4 is 0 Å². The van der Waals surface area contributed by atoms with E-state index in [1.807, 2.05) is 54.8 Å². The first kappa shape index (κ1) is 13.1. The summed E-state index contributed by atoms with van der Waals surface area (Å²) in [6.07, 6.45) is 7.81. The van der Waals surface area contributed by atoms with Crippen molar-refractivity contribution in [3.05, 3.63) is 54.0 Å². The Bertz CT molecular complexity index is 832. The van der Waals surface area contributed by atoms with Crippen molar-refractivity contribution in [1.29, 1.82) is 0 Å². The van der Waals surface area contributed by atoms with Crippen molar-refractivity contribution in [2.75, 3.05) is 6.54 Å². The average Bonchev–Trinajstić information content (AvgIpc) is 3.25. The van der Waals surface area contributed by atoms with E-state index in [0.717, 1.165) is 41.4 Å². The summed E-state index contributed by atoms with van der Waals surface area (Å²) >= 11 is 0. The quantitative estimate of drug-likeness (QED) is 0.790. The number of fused-ring (bicyclic) bond motifs is 1. The summed E-state index contributed by atoms with van der Waals surface area (Å²) < 4.78 is 1.79. The van der Waals surface area contributed by atoms with Gasteiger partial charge < -0.3 is 9.88 Å². The number of rotatable bonds is 2. The summed E-state index contributed by atoms with van der Waals surface area (Å²) in [6, 6.07) is 8.00. The molecule has 112 valence electrons.